The van der Waals surface area contributed by atoms with Crippen molar-refractivity contribution in [1.82, 2.24) is 15.6 Å². The first kappa shape index (κ1) is 17.5. The molecule has 1 aromatic heterocycles. The van der Waals surface area contributed by atoms with E-state index in [-0.39, 0.29) is 6.03 Å². The number of benzene rings is 2. The fourth-order valence-electron chi connectivity index (χ4n) is 2.56. The average molecular weight is 351 g/mol. The third kappa shape index (κ3) is 4.63. The van der Waals surface area contributed by atoms with Gasteiger partial charge in [-0.3, -0.25) is 4.98 Å². The molecule has 0 fully saturated rings. The van der Waals surface area contributed by atoms with Crippen LogP contribution in [0.2, 0.25) is 0 Å². The second-order valence-corrected chi connectivity index (χ2v) is 5.63. The van der Waals surface area contributed by atoms with Crippen LogP contribution in [0.15, 0.2) is 60.8 Å². The first-order valence-corrected chi connectivity index (χ1v) is 8.37. The van der Waals surface area contributed by atoms with Gasteiger partial charge in [0, 0.05) is 23.7 Å². The second kappa shape index (κ2) is 8.71. The van der Waals surface area contributed by atoms with Crippen molar-refractivity contribution in [2.24, 2.45) is 0 Å². The summed E-state index contributed by atoms with van der Waals surface area (Å²) < 4.78 is 10.9. The summed E-state index contributed by atoms with van der Waals surface area (Å²) in [5.74, 6) is 1.50. The van der Waals surface area contributed by atoms with E-state index in [2.05, 4.69) is 15.6 Å². The van der Waals surface area contributed by atoms with Crippen LogP contribution in [0.1, 0.15) is 5.56 Å². The van der Waals surface area contributed by atoms with Gasteiger partial charge >= 0.3 is 6.03 Å². The number of carbonyl (C=O) groups is 1. The summed E-state index contributed by atoms with van der Waals surface area (Å²) in [4.78, 5) is 16.1. The molecule has 26 heavy (non-hydrogen) atoms. The lowest BCUT2D eigenvalue weighted by Gasteiger charge is -2.11. The maximum atomic E-state index is 11.9. The number of carbonyl (C=O) groups excluding carboxylic acids is 1. The van der Waals surface area contributed by atoms with Gasteiger partial charge in [-0.15, -0.1) is 0 Å². The number of rotatable bonds is 7. The van der Waals surface area contributed by atoms with E-state index in [0.717, 1.165) is 28.0 Å². The van der Waals surface area contributed by atoms with Crippen molar-refractivity contribution in [3.63, 3.8) is 0 Å². The Balaban J connectivity index is 1.40. The molecule has 0 radical (unpaired) electrons. The van der Waals surface area contributed by atoms with Crippen LogP contribution in [0.25, 0.3) is 10.9 Å². The van der Waals surface area contributed by atoms with E-state index in [9.17, 15) is 4.79 Å². The molecule has 0 aliphatic carbocycles. The first-order valence-electron chi connectivity index (χ1n) is 8.37. The zero-order chi connectivity index (χ0) is 18.2. The Morgan fingerprint density at radius 3 is 2.85 bits per heavy atom. The van der Waals surface area contributed by atoms with Crippen LogP contribution in [0.4, 0.5) is 4.79 Å². The largest absolute Gasteiger partial charge is 0.496 e. The maximum absolute atomic E-state index is 11.9. The standard InChI is InChI=1S/C20H21N3O3/c1-25-19-7-3-2-5-16(19)14-23-20(24)22-11-12-26-17-8-9-18-15(13-17)6-4-10-21-18/h2-10,13H,11-12,14H2,1H3,(H2,22,23,24). The van der Waals surface area contributed by atoms with E-state index in [0.29, 0.717) is 19.7 Å². The Hall–Kier alpha value is -3.28. The van der Waals surface area contributed by atoms with Crippen molar-refractivity contribution < 1.29 is 14.3 Å². The molecule has 3 aromatic rings. The lowest BCUT2D eigenvalue weighted by molar-refractivity contribution is 0.236. The molecule has 6 nitrogen and oxygen atoms in total. The number of hydrogen-bond acceptors (Lipinski definition) is 4. The summed E-state index contributed by atoms with van der Waals surface area (Å²) in [6, 6.07) is 16.9. The van der Waals surface area contributed by atoms with E-state index in [1.54, 1.807) is 13.3 Å². The van der Waals surface area contributed by atoms with Crippen molar-refractivity contribution in [2.75, 3.05) is 20.3 Å². The van der Waals surface area contributed by atoms with Crippen LogP contribution in [0.3, 0.4) is 0 Å². The van der Waals surface area contributed by atoms with E-state index in [4.69, 9.17) is 9.47 Å². The quantitative estimate of drug-likeness (QED) is 0.642. The number of aromatic nitrogens is 1. The summed E-state index contributed by atoms with van der Waals surface area (Å²) in [6.45, 7) is 1.19. The number of nitrogens with zero attached hydrogens (tertiary/aromatic N) is 1. The van der Waals surface area contributed by atoms with E-state index in [1.807, 2.05) is 54.6 Å². The molecule has 0 saturated carbocycles. The Morgan fingerprint density at radius 1 is 1.08 bits per heavy atom. The summed E-state index contributed by atoms with van der Waals surface area (Å²) >= 11 is 0. The topological polar surface area (TPSA) is 72.5 Å². The van der Waals surface area contributed by atoms with Gasteiger partial charge in [0.1, 0.15) is 18.1 Å². The number of para-hydroxylation sites is 1. The monoisotopic (exact) mass is 351 g/mol. The predicted octanol–water partition coefficient (Wildman–Crippen LogP) is 3.12. The number of hydrogen-bond donors (Lipinski definition) is 2. The van der Waals surface area contributed by atoms with E-state index >= 15 is 0 Å². The van der Waals surface area contributed by atoms with Gasteiger partial charge in [-0.2, -0.15) is 0 Å². The van der Waals surface area contributed by atoms with Crippen molar-refractivity contribution in [3.05, 3.63) is 66.4 Å². The van der Waals surface area contributed by atoms with Crippen LogP contribution in [-0.4, -0.2) is 31.3 Å². The van der Waals surface area contributed by atoms with Gasteiger partial charge < -0.3 is 20.1 Å². The van der Waals surface area contributed by atoms with Gasteiger partial charge in [-0.1, -0.05) is 24.3 Å². The van der Waals surface area contributed by atoms with Gasteiger partial charge in [0.05, 0.1) is 19.2 Å². The van der Waals surface area contributed by atoms with E-state index < -0.39 is 0 Å². The molecule has 0 bridgehead atoms. The maximum Gasteiger partial charge on any atom is 0.315 e. The molecule has 0 saturated heterocycles. The third-order valence-corrected chi connectivity index (χ3v) is 3.86. The number of fused-ring (bicyclic) bond motifs is 1. The fourth-order valence-corrected chi connectivity index (χ4v) is 2.56. The Morgan fingerprint density at radius 2 is 1.96 bits per heavy atom. The molecule has 0 unspecified atom stereocenters. The highest BCUT2D eigenvalue weighted by molar-refractivity contribution is 5.79. The zero-order valence-electron chi connectivity index (χ0n) is 14.6. The number of pyridine rings is 1. The van der Waals surface area contributed by atoms with Gasteiger partial charge in [0.15, 0.2) is 0 Å². The van der Waals surface area contributed by atoms with Crippen LogP contribution >= 0.6 is 0 Å². The SMILES string of the molecule is COc1ccccc1CNC(=O)NCCOc1ccc2ncccc2c1. The molecule has 0 spiro atoms. The summed E-state index contributed by atoms with van der Waals surface area (Å²) in [5, 5.41) is 6.59. The Kier molecular flexibility index (Phi) is 5.88. The number of nitrogens with one attached hydrogen (secondary N) is 2. The number of ether oxygens (including phenoxy) is 2. The molecule has 0 aliphatic heterocycles. The minimum Gasteiger partial charge on any atom is -0.496 e. The number of urea groups is 1. The predicted molar refractivity (Wildman–Crippen MR) is 100 cm³/mol. The molecule has 3 rings (SSSR count). The van der Waals surface area contributed by atoms with Gasteiger partial charge in [-0.25, -0.2) is 4.79 Å². The molecule has 2 amide bonds. The van der Waals surface area contributed by atoms with Crippen molar-refractivity contribution in [2.45, 2.75) is 6.54 Å². The molecule has 6 heteroatoms. The van der Waals surface area contributed by atoms with Crippen LogP contribution < -0.4 is 20.1 Å². The second-order valence-electron chi connectivity index (χ2n) is 5.63. The molecular weight excluding hydrogens is 330 g/mol. The van der Waals surface area contributed by atoms with Crippen LogP contribution in [-0.2, 0) is 6.54 Å². The van der Waals surface area contributed by atoms with Gasteiger partial charge in [-0.05, 0) is 30.3 Å². The minimum atomic E-state index is -0.248. The normalized spacial score (nSPS) is 10.3. The molecule has 0 atom stereocenters. The average Bonchev–Trinajstić information content (AvgIpc) is 2.69. The zero-order valence-corrected chi connectivity index (χ0v) is 14.6. The van der Waals surface area contributed by atoms with Crippen molar-refractivity contribution >= 4 is 16.9 Å². The first-order chi connectivity index (χ1) is 12.8. The summed E-state index contributed by atoms with van der Waals surface area (Å²) in [6.07, 6.45) is 1.76. The third-order valence-electron chi connectivity index (χ3n) is 3.86. The lowest BCUT2D eigenvalue weighted by Crippen LogP contribution is -2.37. The number of amides is 2. The highest BCUT2D eigenvalue weighted by atomic mass is 16.5. The molecular formula is C20H21N3O3. The molecule has 1 heterocycles. The highest BCUT2D eigenvalue weighted by Crippen LogP contribution is 2.18. The molecule has 134 valence electrons. The number of methoxy groups -OCH3 is 1. The van der Waals surface area contributed by atoms with Crippen LogP contribution in [0, 0.1) is 0 Å². The van der Waals surface area contributed by atoms with E-state index in [1.165, 1.54) is 0 Å². The fraction of sp³-hybridized carbons (Fsp3) is 0.200. The highest BCUT2D eigenvalue weighted by Gasteiger charge is 2.04. The van der Waals surface area contributed by atoms with Gasteiger partial charge in [0.2, 0.25) is 0 Å². The Labute approximate surface area is 152 Å². The Bertz CT molecular complexity index is 883. The summed E-state index contributed by atoms with van der Waals surface area (Å²) in [5.41, 5.74) is 1.85. The van der Waals surface area contributed by atoms with Gasteiger partial charge in [0.25, 0.3) is 0 Å². The molecule has 2 N–H and O–H groups in total. The lowest BCUT2D eigenvalue weighted by atomic mass is 10.2. The molecule has 2 aromatic carbocycles. The van der Waals surface area contributed by atoms with Crippen LogP contribution in [0.5, 0.6) is 11.5 Å². The minimum absolute atomic E-state index is 0.248. The summed E-state index contributed by atoms with van der Waals surface area (Å²) in [7, 11) is 1.61. The van der Waals surface area contributed by atoms with Crippen molar-refractivity contribution in [3.8, 4) is 11.5 Å². The molecule has 0 aliphatic rings. The van der Waals surface area contributed by atoms with Crippen molar-refractivity contribution in [1.29, 1.82) is 0 Å². The smallest absolute Gasteiger partial charge is 0.315 e.